The van der Waals surface area contributed by atoms with E-state index in [-0.39, 0.29) is 18.0 Å². The van der Waals surface area contributed by atoms with Crippen LogP contribution in [-0.2, 0) is 15.6 Å². The van der Waals surface area contributed by atoms with E-state index in [0.29, 0.717) is 5.56 Å². The van der Waals surface area contributed by atoms with Gasteiger partial charge < -0.3 is 5.11 Å². The zero-order valence-corrected chi connectivity index (χ0v) is 20.0. The Morgan fingerprint density at radius 3 is 2.18 bits per heavy atom. The monoisotopic (exact) mass is 479 g/mol. The van der Waals surface area contributed by atoms with Crippen molar-refractivity contribution in [2.75, 3.05) is 13.1 Å². The smallest absolute Gasteiger partial charge is 0.243 e. The maximum atomic E-state index is 13.2. The molecule has 4 nitrogen and oxygen atoms in total. The Kier molecular flexibility index (Phi) is 5.77. The molecule has 0 amide bonds. The van der Waals surface area contributed by atoms with Crippen molar-refractivity contribution in [1.29, 1.82) is 0 Å². The van der Waals surface area contributed by atoms with Gasteiger partial charge in [0.05, 0.1) is 19.5 Å². The van der Waals surface area contributed by atoms with Crippen LogP contribution in [0.1, 0.15) is 11.1 Å². The first kappa shape index (κ1) is 21.5. The quantitative estimate of drug-likeness (QED) is 0.658. The van der Waals surface area contributed by atoms with Gasteiger partial charge in [-0.1, -0.05) is 71.1 Å². The van der Waals surface area contributed by atoms with E-state index < -0.39 is 23.7 Å². The SMILES string of the molecule is Cc1ccc(S(=O)(=O)N2C/C(=C\[Si](C)(C)C)C(O)(c3ccc(Br)cc3)C2)cc1. The second-order valence-electron chi connectivity index (χ2n) is 8.49. The number of halogens is 1. The highest BCUT2D eigenvalue weighted by Crippen LogP contribution is 2.40. The first-order chi connectivity index (χ1) is 12.9. The molecular formula is C21H26BrNO3SSi. The fourth-order valence-electron chi connectivity index (χ4n) is 3.45. The van der Waals surface area contributed by atoms with E-state index in [1.54, 1.807) is 24.3 Å². The minimum atomic E-state index is -3.69. The second kappa shape index (κ2) is 7.53. The van der Waals surface area contributed by atoms with Crippen molar-refractivity contribution in [3.8, 4) is 0 Å². The number of sulfonamides is 1. The Balaban J connectivity index is 2.06. The van der Waals surface area contributed by atoms with Gasteiger partial charge in [-0.25, -0.2) is 8.42 Å². The summed E-state index contributed by atoms with van der Waals surface area (Å²) in [5, 5.41) is 11.6. The first-order valence-corrected chi connectivity index (χ1v) is 15.0. The fourth-order valence-corrected chi connectivity index (χ4v) is 6.54. The molecule has 1 aliphatic rings. The topological polar surface area (TPSA) is 57.6 Å². The highest BCUT2D eigenvalue weighted by Gasteiger charge is 2.47. The number of hydrogen-bond acceptors (Lipinski definition) is 3. The minimum absolute atomic E-state index is 0.0150. The van der Waals surface area contributed by atoms with E-state index in [1.807, 2.05) is 31.2 Å². The number of aliphatic hydroxyl groups is 1. The van der Waals surface area contributed by atoms with Crippen LogP contribution >= 0.6 is 15.9 Å². The lowest BCUT2D eigenvalue weighted by molar-refractivity contribution is 0.0870. The molecule has 2 aromatic carbocycles. The van der Waals surface area contributed by atoms with Crippen molar-refractivity contribution >= 4 is 34.0 Å². The normalized spacial score (nSPS) is 22.7. The number of benzene rings is 2. The molecule has 2 aromatic rings. The molecule has 1 unspecified atom stereocenters. The summed E-state index contributed by atoms with van der Waals surface area (Å²) < 4.78 is 28.8. The summed E-state index contributed by atoms with van der Waals surface area (Å²) in [6.07, 6.45) is 0. The van der Waals surface area contributed by atoms with Crippen LogP contribution in [0.25, 0.3) is 0 Å². The Bertz CT molecular complexity index is 995. The van der Waals surface area contributed by atoms with Gasteiger partial charge in [0.1, 0.15) is 5.60 Å². The van der Waals surface area contributed by atoms with Crippen molar-refractivity contribution in [3.05, 3.63) is 75.4 Å². The molecule has 1 fully saturated rings. The van der Waals surface area contributed by atoms with E-state index in [2.05, 4.69) is 41.3 Å². The molecule has 1 saturated heterocycles. The summed E-state index contributed by atoms with van der Waals surface area (Å²) in [5.41, 5.74) is 3.29. The van der Waals surface area contributed by atoms with Gasteiger partial charge in [0.2, 0.25) is 10.0 Å². The number of aryl methyl sites for hydroxylation is 1. The van der Waals surface area contributed by atoms with Gasteiger partial charge in [0.15, 0.2) is 0 Å². The van der Waals surface area contributed by atoms with E-state index >= 15 is 0 Å². The molecule has 1 N–H and O–H groups in total. The van der Waals surface area contributed by atoms with Crippen LogP contribution in [0.2, 0.25) is 19.6 Å². The van der Waals surface area contributed by atoms with Gasteiger partial charge in [0.25, 0.3) is 0 Å². The summed E-state index contributed by atoms with van der Waals surface area (Å²) in [6, 6.07) is 14.3. The second-order valence-corrected chi connectivity index (χ2v) is 16.4. The molecule has 0 aromatic heterocycles. The lowest BCUT2D eigenvalue weighted by Crippen LogP contribution is -2.35. The molecule has 1 atom stereocenters. The molecule has 0 spiro atoms. The zero-order chi connectivity index (χ0) is 20.7. The third kappa shape index (κ3) is 4.33. The molecule has 3 rings (SSSR count). The zero-order valence-electron chi connectivity index (χ0n) is 16.6. The third-order valence-electron chi connectivity index (χ3n) is 4.87. The van der Waals surface area contributed by atoms with Gasteiger partial charge in [-0.15, -0.1) is 0 Å². The summed E-state index contributed by atoms with van der Waals surface area (Å²) in [4.78, 5) is 0.255. The van der Waals surface area contributed by atoms with Crippen molar-refractivity contribution < 1.29 is 13.5 Å². The Morgan fingerprint density at radius 1 is 1.07 bits per heavy atom. The molecule has 150 valence electrons. The number of hydrogen-bond donors (Lipinski definition) is 1. The molecule has 0 bridgehead atoms. The number of β-amino-alcohol motifs (C(OH)–C–C–N with tert-alkyl or cyclic N) is 1. The third-order valence-corrected chi connectivity index (χ3v) is 8.42. The van der Waals surface area contributed by atoms with Crippen LogP contribution in [-0.4, -0.2) is 39.0 Å². The summed E-state index contributed by atoms with van der Waals surface area (Å²) in [5.74, 6) is 0. The molecule has 0 saturated carbocycles. The first-order valence-electron chi connectivity index (χ1n) is 9.19. The van der Waals surface area contributed by atoms with Crippen molar-refractivity contribution in [3.63, 3.8) is 0 Å². The standard InChI is InChI=1S/C21H26BrNO3SSi/c1-16-5-11-20(12-6-16)27(25,26)23-13-18(14-28(2,3)4)21(24,15-23)17-7-9-19(22)10-8-17/h5-12,14,24H,13,15H2,1-4H3/b18-14+. The Morgan fingerprint density at radius 2 is 1.64 bits per heavy atom. The van der Waals surface area contributed by atoms with Crippen LogP contribution in [0.5, 0.6) is 0 Å². The van der Waals surface area contributed by atoms with Crippen LogP contribution in [0.3, 0.4) is 0 Å². The van der Waals surface area contributed by atoms with Gasteiger partial charge in [0, 0.05) is 11.0 Å². The number of rotatable bonds is 4. The van der Waals surface area contributed by atoms with E-state index in [1.165, 1.54) is 4.31 Å². The molecule has 1 aliphatic heterocycles. The largest absolute Gasteiger partial charge is 0.379 e. The Labute approximate surface area is 177 Å². The van der Waals surface area contributed by atoms with E-state index in [4.69, 9.17) is 0 Å². The van der Waals surface area contributed by atoms with Crippen LogP contribution in [0.15, 0.2) is 69.2 Å². The summed E-state index contributed by atoms with van der Waals surface area (Å²) in [7, 11) is -5.38. The molecule has 28 heavy (non-hydrogen) atoms. The van der Waals surface area contributed by atoms with Gasteiger partial charge in [-0.2, -0.15) is 4.31 Å². The minimum Gasteiger partial charge on any atom is -0.379 e. The average molecular weight is 481 g/mol. The lowest BCUT2D eigenvalue weighted by Gasteiger charge is -2.27. The van der Waals surface area contributed by atoms with Crippen LogP contribution < -0.4 is 0 Å². The van der Waals surface area contributed by atoms with Gasteiger partial charge >= 0.3 is 0 Å². The molecule has 0 radical (unpaired) electrons. The van der Waals surface area contributed by atoms with Crippen LogP contribution in [0.4, 0.5) is 0 Å². The predicted octanol–water partition coefficient (Wildman–Crippen LogP) is 4.45. The molecule has 0 aliphatic carbocycles. The molecular weight excluding hydrogens is 454 g/mol. The van der Waals surface area contributed by atoms with E-state index in [0.717, 1.165) is 15.6 Å². The van der Waals surface area contributed by atoms with Crippen molar-refractivity contribution in [2.24, 2.45) is 0 Å². The van der Waals surface area contributed by atoms with Crippen LogP contribution in [0, 0.1) is 6.92 Å². The molecule has 1 heterocycles. The average Bonchev–Trinajstić information content (AvgIpc) is 2.92. The number of nitrogens with zero attached hydrogens (tertiary/aromatic N) is 1. The maximum Gasteiger partial charge on any atom is 0.243 e. The van der Waals surface area contributed by atoms with Gasteiger partial charge in [-0.05, 0) is 42.3 Å². The van der Waals surface area contributed by atoms with Crippen molar-refractivity contribution in [2.45, 2.75) is 37.1 Å². The van der Waals surface area contributed by atoms with Crippen molar-refractivity contribution in [1.82, 2.24) is 4.31 Å². The maximum absolute atomic E-state index is 13.2. The summed E-state index contributed by atoms with van der Waals surface area (Å²) >= 11 is 3.42. The molecule has 7 heteroatoms. The van der Waals surface area contributed by atoms with E-state index in [9.17, 15) is 13.5 Å². The highest BCUT2D eigenvalue weighted by atomic mass is 79.9. The predicted molar refractivity (Wildman–Crippen MR) is 119 cm³/mol. The Hall–Kier alpha value is -1.25. The van der Waals surface area contributed by atoms with Gasteiger partial charge in [-0.3, -0.25) is 0 Å². The fraction of sp³-hybridized carbons (Fsp3) is 0.333. The highest BCUT2D eigenvalue weighted by molar-refractivity contribution is 9.10. The summed E-state index contributed by atoms with van der Waals surface area (Å²) in [6.45, 7) is 8.68. The lowest BCUT2D eigenvalue weighted by atomic mass is 9.90.